The minimum absolute atomic E-state index is 0.138. The summed E-state index contributed by atoms with van der Waals surface area (Å²) in [5, 5.41) is 0. The van der Waals surface area contributed by atoms with Crippen molar-refractivity contribution in [1.29, 1.82) is 0 Å². The van der Waals surface area contributed by atoms with E-state index in [1.165, 1.54) is 6.08 Å². The first-order chi connectivity index (χ1) is 8.77. The standard InChI is InChI=1S/C14H12O4/c15-12-7-11(13-8-17-5-6-18-13)14(16)10-4-2-1-3-9(10)12/h1-4,7,13H,5-6,8H2. The Morgan fingerprint density at radius 1 is 1.06 bits per heavy atom. The van der Waals surface area contributed by atoms with Gasteiger partial charge in [-0.3, -0.25) is 9.59 Å². The maximum atomic E-state index is 12.3. The summed E-state index contributed by atoms with van der Waals surface area (Å²) in [5.74, 6) is -0.282. The molecule has 1 aliphatic heterocycles. The molecule has 1 heterocycles. The van der Waals surface area contributed by atoms with Crippen LogP contribution in [0.1, 0.15) is 20.7 Å². The maximum Gasteiger partial charge on any atom is 0.192 e. The van der Waals surface area contributed by atoms with Crippen LogP contribution in [-0.4, -0.2) is 37.5 Å². The lowest BCUT2D eigenvalue weighted by Crippen LogP contribution is -2.35. The van der Waals surface area contributed by atoms with Gasteiger partial charge in [0.05, 0.1) is 19.8 Å². The molecule has 4 heteroatoms. The van der Waals surface area contributed by atoms with E-state index in [1.807, 2.05) is 0 Å². The van der Waals surface area contributed by atoms with Crippen LogP contribution in [0.25, 0.3) is 0 Å². The van der Waals surface area contributed by atoms with Gasteiger partial charge in [-0.1, -0.05) is 24.3 Å². The van der Waals surface area contributed by atoms with Gasteiger partial charge in [0, 0.05) is 16.7 Å². The predicted molar refractivity (Wildman–Crippen MR) is 63.7 cm³/mol. The van der Waals surface area contributed by atoms with Crippen molar-refractivity contribution in [3.63, 3.8) is 0 Å². The monoisotopic (exact) mass is 244 g/mol. The molecule has 1 aromatic carbocycles. The van der Waals surface area contributed by atoms with Gasteiger partial charge in [-0.05, 0) is 6.08 Å². The second kappa shape index (κ2) is 4.48. The van der Waals surface area contributed by atoms with Gasteiger partial charge in [-0.15, -0.1) is 0 Å². The number of carbonyl (C=O) groups is 2. The fraction of sp³-hybridized carbons (Fsp3) is 0.286. The molecule has 0 aromatic heterocycles. The van der Waals surface area contributed by atoms with Crippen LogP contribution in [0.2, 0.25) is 0 Å². The number of allylic oxidation sites excluding steroid dienone is 1. The van der Waals surface area contributed by atoms with Gasteiger partial charge < -0.3 is 9.47 Å². The van der Waals surface area contributed by atoms with E-state index in [9.17, 15) is 9.59 Å². The summed E-state index contributed by atoms with van der Waals surface area (Å²) in [6, 6.07) is 6.85. The molecule has 1 atom stereocenters. The molecular weight excluding hydrogens is 232 g/mol. The van der Waals surface area contributed by atoms with E-state index in [4.69, 9.17) is 9.47 Å². The van der Waals surface area contributed by atoms with Crippen molar-refractivity contribution in [2.24, 2.45) is 0 Å². The van der Waals surface area contributed by atoms with Gasteiger partial charge in [0.2, 0.25) is 0 Å². The van der Waals surface area contributed by atoms with Crippen LogP contribution in [0.4, 0.5) is 0 Å². The first-order valence-electron chi connectivity index (χ1n) is 5.86. The molecule has 0 bridgehead atoms. The molecule has 18 heavy (non-hydrogen) atoms. The Hall–Kier alpha value is -1.78. The van der Waals surface area contributed by atoms with Crippen molar-refractivity contribution in [3.05, 3.63) is 47.0 Å². The molecule has 1 aliphatic carbocycles. The normalized spacial score (nSPS) is 23.6. The summed E-state index contributed by atoms with van der Waals surface area (Å²) < 4.78 is 10.8. The molecule has 0 N–H and O–H groups in total. The van der Waals surface area contributed by atoms with E-state index >= 15 is 0 Å². The van der Waals surface area contributed by atoms with E-state index in [1.54, 1.807) is 24.3 Å². The highest BCUT2D eigenvalue weighted by Crippen LogP contribution is 2.25. The molecular formula is C14H12O4. The molecule has 1 fully saturated rings. The number of ether oxygens (including phenoxy) is 2. The first kappa shape index (κ1) is 11.3. The Morgan fingerprint density at radius 3 is 2.56 bits per heavy atom. The maximum absolute atomic E-state index is 12.3. The lowest BCUT2D eigenvalue weighted by atomic mass is 9.87. The van der Waals surface area contributed by atoms with Gasteiger partial charge in [0.1, 0.15) is 6.10 Å². The smallest absolute Gasteiger partial charge is 0.192 e. The van der Waals surface area contributed by atoms with Gasteiger partial charge >= 0.3 is 0 Å². The number of rotatable bonds is 1. The number of benzene rings is 1. The van der Waals surface area contributed by atoms with Crippen molar-refractivity contribution in [2.75, 3.05) is 19.8 Å². The lowest BCUT2D eigenvalue weighted by Gasteiger charge is -2.26. The van der Waals surface area contributed by atoms with Gasteiger partial charge in [0.15, 0.2) is 11.6 Å². The zero-order chi connectivity index (χ0) is 12.5. The van der Waals surface area contributed by atoms with Crippen LogP contribution in [0.15, 0.2) is 35.9 Å². The second-order valence-corrected chi connectivity index (χ2v) is 4.27. The van der Waals surface area contributed by atoms with Crippen molar-refractivity contribution < 1.29 is 19.1 Å². The van der Waals surface area contributed by atoms with Crippen molar-refractivity contribution in [3.8, 4) is 0 Å². The molecule has 92 valence electrons. The van der Waals surface area contributed by atoms with Crippen molar-refractivity contribution >= 4 is 11.6 Å². The van der Waals surface area contributed by atoms with E-state index in [2.05, 4.69) is 0 Å². The topological polar surface area (TPSA) is 52.6 Å². The average Bonchev–Trinajstić information content (AvgIpc) is 2.44. The third kappa shape index (κ3) is 1.79. The fourth-order valence-electron chi connectivity index (χ4n) is 2.24. The minimum Gasteiger partial charge on any atom is -0.376 e. The Bertz CT molecular complexity index is 538. The largest absolute Gasteiger partial charge is 0.376 e. The van der Waals surface area contributed by atoms with E-state index in [0.717, 1.165) is 0 Å². The lowest BCUT2D eigenvalue weighted by molar-refractivity contribution is -0.0713. The number of fused-ring (bicyclic) bond motifs is 1. The van der Waals surface area contributed by atoms with E-state index < -0.39 is 6.10 Å². The molecule has 0 amide bonds. The summed E-state index contributed by atoms with van der Waals surface area (Å²) >= 11 is 0. The third-order valence-corrected chi connectivity index (χ3v) is 3.15. The zero-order valence-electron chi connectivity index (χ0n) is 9.72. The second-order valence-electron chi connectivity index (χ2n) is 4.27. The first-order valence-corrected chi connectivity index (χ1v) is 5.86. The molecule has 4 nitrogen and oxygen atoms in total. The van der Waals surface area contributed by atoms with Crippen LogP contribution >= 0.6 is 0 Å². The Labute approximate surface area is 104 Å². The van der Waals surface area contributed by atoms with Crippen molar-refractivity contribution in [2.45, 2.75) is 6.10 Å². The molecule has 0 spiro atoms. The Morgan fingerprint density at radius 2 is 1.83 bits per heavy atom. The summed E-state index contributed by atoms with van der Waals surface area (Å²) in [5.41, 5.74) is 1.32. The number of Topliss-reactive ketones (excluding diaryl/α,β-unsaturated/α-hetero) is 1. The van der Waals surface area contributed by atoms with Crippen LogP contribution in [0.5, 0.6) is 0 Å². The van der Waals surface area contributed by atoms with Crippen LogP contribution in [0, 0.1) is 0 Å². The number of carbonyl (C=O) groups excluding carboxylic acids is 2. The predicted octanol–water partition coefficient (Wildman–Crippen LogP) is 1.41. The summed E-state index contributed by atoms with van der Waals surface area (Å²) in [6.07, 6.45) is 0.952. The quantitative estimate of drug-likeness (QED) is 0.749. The molecule has 1 saturated heterocycles. The average molecular weight is 244 g/mol. The van der Waals surface area contributed by atoms with Gasteiger partial charge in [0.25, 0.3) is 0 Å². The van der Waals surface area contributed by atoms with Gasteiger partial charge in [-0.25, -0.2) is 0 Å². The minimum atomic E-state index is -0.427. The highest BCUT2D eigenvalue weighted by atomic mass is 16.6. The number of ketones is 2. The molecule has 1 unspecified atom stereocenters. The van der Waals surface area contributed by atoms with Crippen LogP contribution in [-0.2, 0) is 9.47 Å². The summed E-state index contributed by atoms with van der Waals surface area (Å²) in [6.45, 7) is 1.31. The van der Waals surface area contributed by atoms with E-state index in [-0.39, 0.29) is 11.6 Å². The number of hydrogen-bond donors (Lipinski definition) is 0. The fourth-order valence-corrected chi connectivity index (χ4v) is 2.24. The number of hydrogen-bond acceptors (Lipinski definition) is 4. The third-order valence-electron chi connectivity index (χ3n) is 3.15. The Balaban J connectivity index is 1.98. The molecule has 0 saturated carbocycles. The van der Waals surface area contributed by atoms with Crippen LogP contribution in [0.3, 0.4) is 0 Å². The molecule has 0 radical (unpaired) electrons. The molecule has 3 rings (SSSR count). The zero-order valence-corrected chi connectivity index (χ0v) is 9.72. The van der Waals surface area contributed by atoms with Crippen LogP contribution < -0.4 is 0 Å². The molecule has 2 aliphatic rings. The highest BCUT2D eigenvalue weighted by Gasteiger charge is 2.31. The SMILES string of the molecule is O=C1C=C(C2COCCO2)C(=O)c2ccccc21. The van der Waals surface area contributed by atoms with Gasteiger partial charge in [-0.2, -0.15) is 0 Å². The summed E-state index contributed by atoms with van der Waals surface area (Å²) in [4.78, 5) is 24.3. The highest BCUT2D eigenvalue weighted by molar-refractivity contribution is 6.24. The summed E-state index contributed by atoms with van der Waals surface area (Å²) in [7, 11) is 0. The van der Waals surface area contributed by atoms with E-state index in [0.29, 0.717) is 36.5 Å². The Kier molecular flexibility index (Phi) is 2.81. The molecule has 1 aromatic rings. The van der Waals surface area contributed by atoms with Crippen molar-refractivity contribution in [1.82, 2.24) is 0 Å².